The van der Waals surface area contributed by atoms with Gasteiger partial charge in [0.15, 0.2) is 11.5 Å². The fraction of sp³-hybridized carbons (Fsp3) is 0.0769. The lowest BCUT2D eigenvalue weighted by Crippen LogP contribution is -1.95. The summed E-state index contributed by atoms with van der Waals surface area (Å²) in [5, 5.41) is 10.3. The summed E-state index contributed by atoms with van der Waals surface area (Å²) in [6, 6.07) is 13.1. The third kappa shape index (κ3) is 2.93. The average Bonchev–Trinajstić information content (AvgIpc) is 2.36. The summed E-state index contributed by atoms with van der Waals surface area (Å²) in [5.74, 6) is 0.429. The largest absolute Gasteiger partial charge is 0.503 e. The lowest BCUT2D eigenvalue weighted by molar-refractivity contribution is 0.288. The van der Waals surface area contributed by atoms with Crippen LogP contribution in [-0.2, 0) is 6.61 Å². The van der Waals surface area contributed by atoms with Crippen molar-refractivity contribution in [1.29, 1.82) is 0 Å². The molecule has 88 valence electrons. The molecule has 0 atom stereocenters. The highest BCUT2D eigenvalue weighted by molar-refractivity contribution is 9.10. The Balaban J connectivity index is 2.13. The zero-order valence-electron chi connectivity index (χ0n) is 8.86. The zero-order valence-corrected chi connectivity index (χ0v) is 11.2. The molecule has 4 heteroatoms. The number of phenolic OH excluding ortho intramolecular Hbond substituents is 1. The van der Waals surface area contributed by atoms with Crippen LogP contribution in [0.2, 0.25) is 5.02 Å². The van der Waals surface area contributed by atoms with E-state index in [1.165, 1.54) is 0 Å². The highest BCUT2D eigenvalue weighted by Gasteiger charge is 2.10. The molecule has 0 aliphatic heterocycles. The van der Waals surface area contributed by atoms with E-state index in [9.17, 15) is 5.11 Å². The molecule has 0 fully saturated rings. The van der Waals surface area contributed by atoms with Crippen molar-refractivity contribution in [2.75, 3.05) is 0 Å². The maximum absolute atomic E-state index is 9.80. The van der Waals surface area contributed by atoms with E-state index in [1.54, 1.807) is 12.1 Å². The predicted octanol–water partition coefficient (Wildman–Crippen LogP) is 4.39. The maximum atomic E-state index is 9.80. The van der Waals surface area contributed by atoms with Gasteiger partial charge in [0, 0.05) is 0 Å². The fourth-order valence-corrected chi connectivity index (χ4v) is 1.85. The minimum absolute atomic E-state index is 0.0217. The lowest BCUT2D eigenvalue weighted by Gasteiger charge is -2.09. The number of hydrogen-bond donors (Lipinski definition) is 1. The average molecular weight is 314 g/mol. The molecule has 1 N–H and O–H groups in total. The highest BCUT2D eigenvalue weighted by atomic mass is 79.9. The molecule has 0 heterocycles. The minimum atomic E-state index is 0.0217. The molecule has 0 saturated carbocycles. The molecule has 0 aromatic heterocycles. The Bertz CT molecular complexity index is 514. The summed E-state index contributed by atoms with van der Waals surface area (Å²) < 4.78 is 5.97. The molecule has 0 spiro atoms. The standard InChI is InChI=1S/C13H10BrClO2/c14-12-10(15)6-7-11(13(12)16)17-8-9-4-2-1-3-5-9/h1-7,16H,8H2. The van der Waals surface area contributed by atoms with Gasteiger partial charge in [-0.3, -0.25) is 0 Å². The minimum Gasteiger partial charge on any atom is -0.503 e. The second-order valence-corrected chi connectivity index (χ2v) is 4.68. The first-order valence-electron chi connectivity index (χ1n) is 5.02. The Hall–Kier alpha value is -1.19. The van der Waals surface area contributed by atoms with Gasteiger partial charge in [0.05, 0.1) is 9.50 Å². The van der Waals surface area contributed by atoms with E-state index in [0.29, 0.717) is 21.9 Å². The van der Waals surface area contributed by atoms with Crippen molar-refractivity contribution in [2.24, 2.45) is 0 Å². The van der Waals surface area contributed by atoms with E-state index in [0.717, 1.165) is 5.56 Å². The summed E-state index contributed by atoms with van der Waals surface area (Å²) in [5.41, 5.74) is 1.04. The smallest absolute Gasteiger partial charge is 0.173 e. The number of ether oxygens (including phenoxy) is 1. The highest BCUT2D eigenvalue weighted by Crippen LogP contribution is 2.39. The SMILES string of the molecule is Oc1c(OCc2ccccc2)ccc(Cl)c1Br. The van der Waals surface area contributed by atoms with Gasteiger partial charge in [-0.15, -0.1) is 0 Å². The van der Waals surface area contributed by atoms with E-state index in [4.69, 9.17) is 16.3 Å². The molecular weight excluding hydrogens is 303 g/mol. The van der Waals surface area contributed by atoms with E-state index in [2.05, 4.69) is 15.9 Å². The normalized spacial score (nSPS) is 10.2. The quantitative estimate of drug-likeness (QED) is 0.911. The van der Waals surface area contributed by atoms with Gasteiger partial charge in [0.25, 0.3) is 0 Å². The Morgan fingerprint density at radius 1 is 1.12 bits per heavy atom. The molecule has 0 bridgehead atoms. The Labute approximate surface area is 113 Å². The number of phenols is 1. The zero-order chi connectivity index (χ0) is 12.3. The monoisotopic (exact) mass is 312 g/mol. The molecule has 0 saturated heterocycles. The molecule has 0 amide bonds. The van der Waals surface area contributed by atoms with Crippen molar-refractivity contribution >= 4 is 27.5 Å². The van der Waals surface area contributed by atoms with Crippen molar-refractivity contribution in [3.05, 3.63) is 57.5 Å². The summed E-state index contributed by atoms with van der Waals surface area (Å²) in [4.78, 5) is 0. The third-order valence-corrected chi connectivity index (χ3v) is 3.62. The van der Waals surface area contributed by atoms with Gasteiger partial charge in [-0.05, 0) is 33.6 Å². The molecule has 2 rings (SSSR count). The van der Waals surface area contributed by atoms with Gasteiger partial charge in [0.2, 0.25) is 0 Å². The summed E-state index contributed by atoms with van der Waals surface area (Å²) >= 11 is 9.03. The first-order chi connectivity index (χ1) is 8.18. The first-order valence-corrected chi connectivity index (χ1v) is 6.19. The van der Waals surface area contributed by atoms with Crippen LogP contribution >= 0.6 is 27.5 Å². The topological polar surface area (TPSA) is 29.5 Å². The molecule has 17 heavy (non-hydrogen) atoms. The van der Waals surface area contributed by atoms with E-state index >= 15 is 0 Å². The third-order valence-electron chi connectivity index (χ3n) is 2.27. The molecule has 0 aliphatic carbocycles. The maximum Gasteiger partial charge on any atom is 0.173 e. The predicted molar refractivity (Wildman–Crippen MR) is 71.6 cm³/mol. The number of aromatic hydroxyl groups is 1. The Morgan fingerprint density at radius 3 is 2.53 bits per heavy atom. The summed E-state index contributed by atoms with van der Waals surface area (Å²) in [7, 11) is 0. The number of rotatable bonds is 3. The molecule has 0 unspecified atom stereocenters. The second kappa shape index (κ2) is 5.43. The molecular formula is C13H10BrClO2. The van der Waals surface area contributed by atoms with Crippen LogP contribution in [0.25, 0.3) is 0 Å². The van der Waals surface area contributed by atoms with Crippen molar-refractivity contribution in [3.63, 3.8) is 0 Å². The van der Waals surface area contributed by atoms with Gasteiger partial charge in [-0.1, -0.05) is 41.9 Å². The van der Waals surface area contributed by atoms with Crippen LogP contribution in [0.15, 0.2) is 46.9 Å². The van der Waals surface area contributed by atoms with Crippen LogP contribution in [0.1, 0.15) is 5.56 Å². The van der Waals surface area contributed by atoms with Crippen molar-refractivity contribution in [1.82, 2.24) is 0 Å². The van der Waals surface area contributed by atoms with Crippen LogP contribution in [0.3, 0.4) is 0 Å². The number of hydrogen-bond acceptors (Lipinski definition) is 2. The van der Waals surface area contributed by atoms with Crippen molar-refractivity contribution in [3.8, 4) is 11.5 Å². The van der Waals surface area contributed by atoms with Crippen molar-refractivity contribution < 1.29 is 9.84 Å². The van der Waals surface area contributed by atoms with Crippen LogP contribution in [-0.4, -0.2) is 5.11 Å². The van der Waals surface area contributed by atoms with Gasteiger partial charge in [-0.2, -0.15) is 0 Å². The molecule has 2 nitrogen and oxygen atoms in total. The van der Waals surface area contributed by atoms with Gasteiger partial charge in [0.1, 0.15) is 6.61 Å². The first kappa shape index (κ1) is 12.3. The molecule has 2 aromatic rings. The number of halogens is 2. The Kier molecular flexibility index (Phi) is 3.92. The van der Waals surface area contributed by atoms with Gasteiger partial charge in [-0.25, -0.2) is 0 Å². The van der Waals surface area contributed by atoms with Crippen LogP contribution < -0.4 is 4.74 Å². The summed E-state index contributed by atoms with van der Waals surface area (Å²) in [6.07, 6.45) is 0. The second-order valence-electron chi connectivity index (χ2n) is 3.48. The van der Waals surface area contributed by atoms with E-state index in [1.807, 2.05) is 30.3 Å². The van der Waals surface area contributed by atoms with Crippen LogP contribution in [0.4, 0.5) is 0 Å². The Morgan fingerprint density at radius 2 is 1.82 bits per heavy atom. The molecule has 0 aliphatic rings. The van der Waals surface area contributed by atoms with Crippen molar-refractivity contribution in [2.45, 2.75) is 6.61 Å². The van der Waals surface area contributed by atoms with Gasteiger partial charge >= 0.3 is 0 Å². The fourth-order valence-electron chi connectivity index (χ4n) is 1.37. The summed E-state index contributed by atoms with van der Waals surface area (Å²) in [6.45, 7) is 0.405. The van der Waals surface area contributed by atoms with E-state index < -0.39 is 0 Å². The van der Waals surface area contributed by atoms with E-state index in [-0.39, 0.29) is 5.75 Å². The number of benzene rings is 2. The van der Waals surface area contributed by atoms with Crippen LogP contribution in [0.5, 0.6) is 11.5 Å². The lowest BCUT2D eigenvalue weighted by atomic mass is 10.2. The molecule has 0 radical (unpaired) electrons. The molecule has 2 aromatic carbocycles. The van der Waals surface area contributed by atoms with Gasteiger partial charge < -0.3 is 9.84 Å². The van der Waals surface area contributed by atoms with Crippen LogP contribution in [0, 0.1) is 0 Å².